The van der Waals surface area contributed by atoms with Gasteiger partial charge in [-0.3, -0.25) is 4.98 Å². The molecule has 1 saturated heterocycles. The van der Waals surface area contributed by atoms with Crippen LogP contribution in [-0.2, 0) is 4.74 Å². The van der Waals surface area contributed by atoms with Crippen LogP contribution < -0.4 is 5.32 Å². The molecule has 1 atom stereocenters. The molecule has 4 heterocycles. The maximum absolute atomic E-state index is 12.5. The highest BCUT2D eigenvalue weighted by Gasteiger charge is 2.28. The lowest BCUT2D eigenvalue weighted by molar-refractivity contribution is 0.0206. The van der Waals surface area contributed by atoms with Gasteiger partial charge in [0.25, 0.3) is 0 Å². The van der Waals surface area contributed by atoms with Gasteiger partial charge < -0.3 is 15.0 Å². The number of piperidine rings is 1. The van der Waals surface area contributed by atoms with E-state index in [1.165, 1.54) is 0 Å². The van der Waals surface area contributed by atoms with Crippen LogP contribution in [-0.4, -0.2) is 60.3 Å². The predicted molar refractivity (Wildman–Crippen MR) is 119 cm³/mol. The van der Waals surface area contributed by atoms with E-state index in [0.717, 1.165) is 29.5 Å². The lowest BCUT2D eigenvalue weighted by Gasteiger charge is -2.34. The minimum absolute atomic E-state index is 0.0493. The minimum Gasteiger partial charge on any atom is -0.444 e. The summed E-state index contributed by atoms with van der Waals surface area (Å²) < 4.78 is 7.27. The fraction of sp³-hybridized carbons (Fsp3) is 0.409. The van der Waals surface area contributed by atoms with Gasteiger partial charge in [0, 0.05) is 43.3 Å². The van der Waals surface area contributed by atoms with Crippen LogP contribution in [0.25, 0.3) is 23.0 Å². The second kappa shape index (κ2) is 8.33. The molecule has 0 bridgehead atoms. The molecule has 3 aromatic rings. The third-order valence-electron chi connectivity index (χ3n) is 5.02. The Hall–Kier alpha value is -3.49. The number of fused-ring (bicyclic) bond motifs is 1. The molecular weight excluding hydrogens is 394 g/mol. The van der Waals surface area contributed by atoms with E-state index in [1.54, 1.807) is 46.5 Å². The second-order valence-electron chi connectivity index (χ2n) is 8.58. The van der Waals surface area contributed by atoms with Gasteiger partial charge in [0.05, 0.1) is 23.5 Å². The Bertz CT molecular complexity index is 1100. The number of aromatic nitrogens is 5. The zero-order valence-electron chi connectivity index (χ0n) is 18.1. The molecule has 1 unspecified atom stereocenters. The van der Waals surface area contributed by atoms with Gasteiger partial charge in [-0.05, 0) is 33.6 Å². The van der Waals surface area contributed by atoms with Crippen LogP contribution in [0.3, 0.4) is 0 Å². The molecule has 9 heteroatoms. The predicted octanol–water partition coefficient (Wildman–Crippen LogP) is 3.64. The lowest BCUT2D eigenvalue weighted by Crippen LogP contribution is -2.47. The summed E-state index contributed by atoms with van der Waals surface area (Å²) in [6.45, 7) is 10.7. The Kier molecular flexibility index (Phi) is 5.58. The highest BCUT2D eigenvalue weighted by atomic mass is 16.6. The SMILES string of the molecule is C=Cc1cnc(-c2cnn3ccncc23)nc1NC1CCCN(C(=O)OC(C)(C)C)C1. The molecule has 0 saturated carbocycles. The van der Waals surface area contributed by atoms with Crippen molar-refractivity contribution in [3.63, 3.8) is 0 Å². The molecule has 1 aliphatic heterocycles. The summed E-state index contributed by atoms with van der Waals surface area (Å²) in [7, 11) is 0. The summed E-state index contributed by atoms with van der Waals surface area (Å²) in [5, 5.41) is 7.82. The zero-order valence-corrected chi connectivity index (χ0v) is 18.1. The van der Waals surface area contributed by atoms with Gasteiger partial charge in [-0.2, -0.15) is 5.10 Å². The number of amides is 1. The fourth-order valence-electron chi connectivity index (χ4n) is 3.57. The molecule has 1 amide bonds. The first kappa shape index (κ1) is 20.8. The third-order valence-corrected chi connectivity index (χ3v) is 5.02. The van der Waals surface area contributed by atoms with Crippen LogP contribution >= 0.6 is 0 Å². The molecule has 1 fully saturated rings. The minimum atomic E-state index is -0.516. The first-order chi connectivity index (χ1) is 14.8. The van der Waals surface area contributed by atoms with E-state index in [0.29, 0.717) is 24.7 Å². The van der Waals surface area contributed by atoms with Crippen LogP contribution in [0.15, 0.2) is 37.6 Å². The fourth-order valence-corrected chi connectivity index (χ4v) is 3.57. The van der Waals surface area contributed by atoms with Crippen molar-refractivity contribution in [3.8, 4) is 11.4 Å². The van der Waals surface area contributed by atoms with E-state index < -0.39 is 5.60 Å². The van der Waals surface area contributed by atoms with Gasteiger partial charge in [0.1, 0.15) is 11.4 Å². The molecule has 0 radical (unpaired) electrons. The van der Waals surface area contributed by atoms with Crippen molar-refractivity contribution in [3.05, 3.63) is 43.1 Å². The maximum atomic E-state index is 12.5. The number of ether oxygens (including phenoxy) is 1. The number of hydrogen-bond donors (Lipinski definition) is 1. The maximum Gasteiger partial charge on any atom is 0.410 e. The Labute approximate surface area is 181 Å². The monoisotopic (exact) mass is 421 g/mol. The van der Waals surface area contributed by atoms with Gasteiger partial charge in [-0.1, -0.05) is 12.7 Å². The van der Waals surface area contributed by atoms with E-state index in [2.05, 4.69) is 27.0 Å². The number of rotatable bonds is 4. The van der Waals surface area contributed by atoms with E-state index in [9.17, 15) is 4.79 Å². The molecule has 1 N–H and O–H groups in total. The van der Waals surface area contributed by atoms with Gasteiger partial charge in [0.15, 0.2) is 5.82 Å². The highest BCUT2D eigenvalue weighted by Crippen LogP contribution is 2.25. The van der Waals surface area contributed by atoms with E-state index in [1.807, 2.05) is 20.8 Å². The zero-order chi connectivity index (χ0) is 22.0. The molecule has 162 valence electrons. The molecule has 31 heavy (non-hydrogen) atoms. The number of carbonyl (C=O) groups excluding carboxylic acids is 1. The Morgan fingerprint density at radius 3 is 2.94 bits per heavy atom. The van der Waals surface area contributed by atoms with Crippen LogP contribution in [0.5, 0.6) is 0 Å². The molecule has 3 aromatic heterocycles. The second-order valence-corrected chi connectivity index (χ2v) is 8.58. The average Bonchev–Trinajstić information content (AvgIpc) is 3.17. The van der Waals surface area contributed by atoms with Crippen molar-refractivity contribution >= 4 is 23.5 Å². The van der Waals surface area contributed by atoms with Crippen LogP contribution in [0, 0.1) is 0 Å². The highest BCUT2D eigenvalue weighted by molar-refractivity contribution is 5.76. The number of likely N-dealkylation sites (tertiary alicyclic amines) is 1. The van der Waals surface area contributed by atoms with Crippen LogP contribution in [0.4, 0.5) is 10.6 Å². The topological polar surface area (TPSA) is 97.5 Å². The Balaban J connectivity index is 1.56. The van der Waals surface area contributed by atoms with Crippen molar-refractivity contribution in [2.45, 2.75) is 45.3 Å². The number of nitrogens with one attached hydrogen (secondary N) is 1. The van der Waals surface area contributed by atoms with Gasteiger partial charge >= 0.3 is 6.09 Å². The summed E-state index contributed by atoms with van der Waals surface area (Å²) in [6.07, 6.45) is 11.9. The molecule has 0 aliphatic carbocycles. The lowest BCUT2D eigenvalue weighted by atomic mass is 10.1. The molecular formula is C22H27N7O2. The molecule has 9 nitrogen and oxygen atoms in total. The number of anilines is 1. The van der Waals surface area contributed by atoms with Gasteiger partial charge in [-0.25, -0.2) is 19.3 Å². The largest absolute Gasteiger partial charge is 0.444 e. The summed E-state index contributed by atoms with van der Waals surface area (Å²) in [4.78, 5) is 27.7. The molecule has 0 aromatic carbocycles. The number of hydrogen-bond acceptors (Lipinski definition) is 7. The molecule has 0 spiro atoms. The third kappa shape index (κ3) is 4.65. The van der Waals surface area contributed by atoms with Crippen molar-refractivity contribution in [2.24, 2.45) is 0 Å². The first-order valence-electron chi connectivity index (χ1n) is 10.4. The summed E-state index contributed by atoms with van der Waals surface area (Å²) in [5.74, 6) is 1.23. The van der Waals surface area contributed by atoms with E-state index in [4.69, 9.17) is 9.72 Å². The Morgan fingerprint density at radius 1 is 1.32 bits per heavy atom. The van der Waals surface area contributed by atoms with Gasteiger partial charge in [0.2, 0.25) is 0 Å². The van der Waals surface area contributed by atoms with Crippen molar-refractivity contribution in [1.29, 1.82) is 0 Å². The first-order valence-corrected chi connectivity index (χ1v) is 10.4. The number of nitrogens with zero attached hydrogens (tertiary/aromatic N) is 6. The van der Waals surface area contributed by atoms with Crippen molar-refractivity contribution in [1.82, 2.24) is 29.5 Å². The van der Waals surface area contributed by atoms with Crippen LogP contribution in [0.2, 0.25) is 0 Å². The van der Waals surface area contributed by atoms with Crippen molar-refractivity contribution in [2.75, 3.05) is 18.4 Å². The summed E-state index contributed by atoms with van der Waals surface area (Å²) in [6, 6.07) is 0.0493. The summed E-state index contributed by atoms with van der Waals surface area (Å²) >= 11 is 0. The average molecular weight is 422 g/mol. The van der Waals surface area contributed by atoms with E-state index in [-0.39, 0.29) is 12.1 Å². The van der Waals surface area contributed by atoms with Crippen molar-refractivity contribution < 1.29 is 9.53 Å². The smallest absolute Gasteiger partial charge is 0.410 e. The Morgan fingerprint density at radius 2 is 2.16 bits per heavy atom. The normalized spacial score (nSPS) is 16.9. The molecule has 4 rings (SSSR count). The van der Waals surface area contributed by atoms with Crippen LogP contribution in [0.1, 0.15) is 39.2 Å². The number of carbonyl (C=O) groups is 1. The molecule has 1 aliphatic rings. The van der Waals surface area contributed by atoms with E-state index >= 15 is 0 Å². The summed E-state index contributed by atoms with van der Waals surface area (Å²) in [5.41, 5.74) is 1.91. The van der Waals surface area contributed by atoms with Gasteiger partial charge in [-0.15, -0.1) is 0 Å². The quantitative estimate of drug-likeness (QED) is 0.687. The standard InChI is InChI=1S/C22H27N7O2/c1-5-15-11-24-20(17-12-25-29-10-8-23-13-18(17)29)27-19(15)26-16-7-6-9-28(14-16)21(30)31-22(2,3)4/h5,8,10-13,16H,1,6-7,9,14H2,2-4H3,(H,24,26,27).